The zero-order chi connectivity index (χ0) is 22.6. The lowest BCUT2D eigenvalue weighted by Crippen LogP contribution is -2.18. The number of aromatic hydroxyl groups is 1. The van der Waals surface area contributed by atoms with Crippen LogP contribution in [0.1, 0.15) is 63.8 Å². The minimum Gasteiger partial charge on any atom is -0.507 e. The lowest BCUT2D eigenvalue weighted by atomic mass is 9.78. The summed E-state index contributed by atoms with van der Waals surface area (Å²) >= 11 is 0. The average Bonchev–Trinajstić information content (AvgIpc) is 2.67. The summed E-state index contributed by atoms with van der Waals surface area (Å²) in [5.41, 5.74) is 4.26. The van der Waals surface area contributed by atoms with E-state index in [0.29, 0.717) is 17.8 Å². The summed E-state index contributed by atoms with van der Waals surface area (Å²) in [5.74, 6) is 0.377. The van der Waals surface area contributed by atoms with Crippen LogP contribution < -0.4 is 0 Å². The van der Waals surface area contributed by atoms with Gasteiger partial charge in [-0.15, -0.1) is 0 Å². The number of phenolic OH excluding ortho intramolecular Hbond substituents is 1. The molecule has 0 aliphatic heterocycles. The molecule has 160 valence electrons. The van der Waals surface area contributed by atoms with Gasteiger partial charge in [0, 0.05) is 22.8 Å². The van der Waals surface area contributed by atoms with Crippen molar-refractivity contribution < 1.29 is 13.9 Å². The fourth-order valence-electron chi connectivity index (χ4n) is 4.23. The van der Waals surface area contributed by atoms with Crippen molar-refractivity contribution in [1.29, 1.82) is 0 Å². The summed E-state index contributed by atoms with van der Waals surface area (Å²) in [5, 5.41) is 13.8. The molecule has 4 heteroatoms. The second kappa shape index (κ2) is 7.50. The van der Waals surface area contributed by atoms with Crippen molar-refractivity contribution in [2.75, 3.05) is 0 Å². The molecule has 0 spiro atoms. The first-order valence-corrected chi connectivity index (χ1v) is 11.9. The van der Waals surface area contributed by atoms with Gasteiger partial charge in [0.1, 0.15) is 5.75 Å². The maximum Gasteiger partial charge on any atom is 0.598 e. The number of hydrogen-bond acceptors (Lipinski definition) is 3. The standard InChI is InChI=1S/C27H29O3P/c1-26(2,3)21-15-17(16-22(24(21)28)27(4,5)6)14-18-10-9-12-20-19-11-7-8-13-23(19)30-31(29)25(18)20/h7-13,15-16H,14H2,1-6H3/p+1. The summed E-state index contributed by atoms with van der Waals surface area (Å²) in [6, 6.07) is 18.0. The van der Waals surface area contributed by atoms with Crippen LogP contribution in [-0.2, 0) is 21.8 Å². The number of phenols is 1. The number of rotatable bonds is 2. The third-order valence-electron chi connectivity index (χ3n) is 5.84. The molecule has 1 atom stereocenters. The number of fused-ring (bicyclic) bond motifs is 3. The number of para-hydroxylation sites is 1. The van der Waals surface area contributed by atoms with Gasteiger partial charge in [-0.2, -0.15) is 0 Å². The van der Waals surface area contributed by atoms with E-state index in [0.717, 1.165) is 38.1 Å². The molecule has 0 bridgehead atoms. The van der Waals surface area contributed by atoms with Crippen molar-refractivity contribution in [3.8, 4) is 5.75 Å². The van der Waals surface area contributed by atoms with Crippen molar-refractivity contribution in [1.82, 2.24) is 0 Å². The largest absolute Gasteiger partial charge is 0.598 e. The summed E-state index contributed by atoms with van der Waals surface area (Å²) in [4.78, 5) is 0. The molecule has 3 aromatic carbocycles. The number of benzene rings is 3. The van der Waals surface area contributed by atoms with E-state index in [1.807, 2.05) is 42.5 Å². The molecule has 1 heterocycles. The first-order valence-electron chi connectivity index (χ1n) is 10.7. The van der Waals surface area contributed by atoms with Crippen molar-refractivity contribution >= 4 is 29.1 Å². The van der Waals surface area contributed by atoms with Crippen LogP contribution in [-0.4, -0.2) is 5.11 Å². The Hall–Kier alpha value is -2.64. The van der Waals surface area contributed by atoms with Gasteiger partial charge in [-0.1, -0.05) is 84.0 Å². The minimum atomic E-state index is -1.98. The van der Waals surface area contributed by atoms with Gasteiger partial charge in [-0.05, 0) is 44.2 Å². The van der Waals surface area contributed by atoms with Crippen LogP contribution in [0, 0.1) is 0 Å². The Morgan fingerprint density at radius 3 is 2.03 bits per heavy atom. The smallest absolute Gasteiger partial charge is 0.507 e. The Labute approximate surface area is 184 Å². The molecule has 0 aliphatic rings. The Morgan fingerprint density at radius 1 is 0.839 bits per heavy atom. The fourth-order valence-corrected chi connectivity index (χ4v) is 5.44. The van der Waals surface area contributed by atoms with E-state index in [2.05, 4.69) is 53.7 Å². The molecule has 0 radical (unpaired) electrons. The van der Waals surface area contributed by atoms with Gasteiger partial charge in [-0.3, -0.25) is 0 Å². The minimum absolute atomic E-state index is 0.191. The maximum absolute atomic E-state index is 13.1. The zero-order valence-electron chi connectivity index (χ0n) is 19.1. The lowest BCUT2D eigenvalue weighted by Gasteiger charge is -2.28. The third kappa shape index (κ3) is 4.00. The van der Waals surface area contributed by atoms with Gasteiger partial charge < -0.3 is 5.11 Å². The van der Waals surface area contributed by atoms with Crippen LogP contribution in [0.5, 0.6) is 5.75 Å². The van der Waals surface area contributed by atoms with Gasteiger partial charge in [0.15, 0.2) is 5.58 Å². The molecule has 3 nitrogen and oxygen atoms in total. The molecule has 0 saturated heterocycles. The molecular formula is C27H30O3P+. The molecule has 0 saturated carbocycles. The summed E-state index contributed by atoms with van der Waals surface area (Å²) in [6.45, 7) is 12.7. The molecule has 4 rings (SSSR count). The zero-order valence-corrected chi connectivity index (χ0v) is 20.0. The first-order chi connectivity index (χ1) is 14.5. The van der Waals surface area contributed by atoms with Crippen LogP contribution in [0.25, 0.3) is 21.5 Å². The topological polar surface area (TPSA) is 50.4 Å². The molecule has 1 N–H and O–H groups in total. The van der Waals surface area contributed by atoms with E-state index in [9.17, 15) is 9.67 Å². The highest BCUT2D eigenvalue weighted by atomic mass is 31.1. The lowest BCUT2D eigenvalue weighted by molar-refractivity contribution is 0.423. The summed E-state index contributed by atoms with van der Waals surface area (Å²) in [6.07, 6.45) is 0.627. The van der Waals surface area contributed by atoms with Crippen LogP contribution >= 0.6 is 7.65 Å². The van der Waals surface area contributed by atoms with Crippen LogP contribution in [0.15, 0.2) is 58.8 Å². The van der Waals surface area contributed by atoms with Crippen molar-refractivity contribution in [2.45, 2.75) is 58.8 Å². The molecule has 0 aliphatic carbocycles. The van der Waals surface area contributed by atoms with E-state index in [1.165, 1.54) is 0 Å². The average molecular weight is 434 g/mol. The molecule has 1 unspecified atom stereocenters. The Bertz CT molecular complexity index is 1320. The molecule has 0 amide bonds. The Balaban J connectivity index is 1.94. The van der Waals surface area contributed by atoms with E-state index < -0.39 is 7.65 Å². The fraction of sp³-hybridized carbons (Fsp3) is 0.333. The highest BCUT2D eigenvalue weighted by molar-refractivity contribution is 7.37. The quantitative estimate of drug-likeness (QED) is 0.324. The van der Waals surface area contributed by atoms with Gasteiger partial charge >= 0.3 is 7.65 Å². The van der Waals surface area contributed by atoms with Gasteiger partial charge in [0.25, 0.3) is 0 Å². The van der Waals surface area contributed by atoms with E-state index >= 15 is 0 Å². The maximum atomic E-state index is 13.1. The predicted octanol–water partition coefficient (Wildman–Crippen LogP) is 8.22. The molecule has 0 fully saturated rings. The van der Waals surface area contributed by atoms with Crippen LogP contribution in [0.2, 0.25) is 0 Å². The predicted molar refractivity (Wildman–Crippen MR) is 130 cm³/mol. The van der Waals surface area contributed by atoms with Gasteiger partial charge in [0.05, 0.1) is 0 Å². The third-order valence-corrected chi connectivity index (χ3v) is 7.10. The SMILES string of the molecule is CC(C)(C)c1cc(Cc2cccc3c4ccccc4o[p+](=O)c23)cc(C(C)(C)C)c1O. The normalized spacial score (nSPS) is 13.2. The summed E-state index contributed by atoms with van der Waals surface area (Å²) < 4.78 is 18.8. The van der Waals surface area contributed by atoms with Crippen molar-refractivity contribution in [3.63, 3.8) is 0 Å². The van der Waals surface area contributed by atoms with E-state index in [1.54, 1.807) is 0 Å². The second-order valence-corrected chi connectivity index (χ2v) is 11.5. The highest BCUT2D eigenvalue weighted by Crippen LogP contribution is 2.42. The highest BCUT2D eigenvalue weighted by Gasteiger charge is 2.27. The van der Waals surface area contributed by atoms with Gasteiger partial charge in [-0.25, -0.2) is 4.20 Å². The second-order valence-electron chi connectivity index (χ2n) is 10.4. The van der Waals surface area contributed by atoms with Crippen LogP contribution in [0.3, 0.4) is 0 Å². The van der Waals surface area contributed by atoms with E-state index in [4.69, 9.17) is 4.20 Å². The molecule has 31 heavy (non-hydrogen) atoms. The Kier molecular flexibility index (Phi) is 5.22. The molecule has 1 aromatic heterocycles. The Morgan fingerprint density at radius 2 is 1.42 bits per heavy atom. The summed E-state index contributed by atoms with van der Waals surface area (Å²) in [7, 11) is -1.98. The monoisotopic (exact) mass is 433 g/mol. The first kappa shape index (κ1) is 21.6. The molecule has 4 aromatic rings. The number of hydrogen-bond donors (Lipinski definition) is 1. The van der Waals surface area contributed by atoms with Crippen molar-refractivity contribution in [3.05, 3.63) is 76.9 Å². The van der Waals surface area contributed by atoms with Gasteiger partial charge in [0.2, 0.25) is 5.12 Å². The van der Waals surface area contributed by atoms with Crippen molar-refractivity contribution in [2.24, 2.45) is 0 Å². The van der Waals surface area contributed by atoms with E-state index in [-0.39, 0.29) is 10.8 Å². The van der Waals surface area contributed by atoms with Crippen LogP contribution in [0.4, 0.5) is 0 Å². The molecular weight excluding hydrogens is 403 g/mol.